The van der Waals surface area contributed by atoms with E-state index in [0.717, 1.165) is 55.7 Å². The van der Waals surface area contributed by atoms with E-state index in [1.165, 1.54) is 5.56 Å². The molecule has 0 saturated heterocycles. The van der Waals surface area contributed by atoms with Crippen LogP contribution in [0.2, 0.25) is 0 Å². The van der Waals surface area contributed by atoms with Gasteiger partial charge in [-0.15, -0.1) is 0 Å². The second-order valence-electron chi connectivity index (χ2n) is 8.83. The number of aryl methyl sites for hydroxylation is 1. The van der Waals surface area contributed by atoms with Crippen molar-refractivity contribution < 1.29 is 13.2 Å². The maximum Gasteiger partial charge on any atom is 0.240 e. The minimum atomic E-state index is -3.58. The van der Waals surface area contributed by atoms with Gasteiger partial charge in [-0.2, -0.15) is 0 Å². The number of carbonyl (C=O) groups excluding carboxylic acids is 1. The minimum Gasteiger partial charge on any atom is -0.372 e. The van der Waals surface area contributed by atoms with Crippen LogP contribution >= 0.6 is 0 Å². The van der Waals surface area contributed by atoms with Crippen LogP contribution in [0.1, 0.15) is 43.7 Å². The first-order chi connectivity index (χ1) is 15.4. The van der Waals surface area contributed by atoms with Gasteiger partial charge in [0.15, 0.2) is 0 Å². The number of carbonyl (C=O) groups is 1. The Kier molecular flexibility index (Phi) is 6.86. The summed E-state index contributed by atoms with van der Waals surface area (Å²) in [7, 11) is -3.58. The fourth-order valence-electron chi connectivity index (χ4n) is 4.50. The molecule has 0 radical (unpaired) electrons. The number of rotatable bonds is 9. The van der Waals surface area contributed by atoms with Crippen LogP contribution < -0.4 is 14.5 Å². The summed E-state index contributed by atoms with van der Waals surface area (Å²) in [6.07, 6.45) is 4.50. The molecule has 2 aromatic carbocycles. The van der Waals surface area contributed by atoms with Crippen LogP contribution in [-0.2, 0) is 21.2 Å². The molecule has 0 bridgehead atoms. The number of hydrogen-bond donors (Lipinski definition) is 1. The van der Waals surface area contributed by atoms with E-state index in [-0.39, 0.29) is 16.7 Å². The van der Waals surface area contributed by atoms with E-state index >= 15 is 0 Å². The van der Waals surface area contributed by atoms with Gasteiger partial charge in [0.1, 0.15) is 0 Å². The van der Waals surface area contributed by atoms with Crippen LogP contribution in [0.15, 0.2) is 47.4 Å². The van der Waals surface area contributed by atoms with E-state index in [2.05, 4.69) is 41.7 Å². The van der Waals surface area contributed by atoms with Crippen molar-refractivity contribution in [3.05, 3.63) is 53.6 Å². The highest BCUT2D eigenvalue weighted by molar-refractivity contribution is 7.89. The Bertz CT molecular complexity index is 1080. The van der Waals surface area contributed by atoms with E-state index in [0.29, 0.717) is 19.5 Å². The Balaban J connectivity index is 1.34. The molecule has 2 aliphatic rings. The van der Waals surface area contributed by atoms with E-state index in [1.807, 2.05) is 11.0 Å². The summed E-state index contributed by atoms with van der Waals surface area (Å²) in [6, 6.07) is 13.5. The van der Waals surface area contributed by atoms with Crippen molar-refractivity contribution in [1.29, 1.82) is 0 Å². The molecule has 1 amide bonds. The van der Waals surface area contributed by atoms with Crippen LogP contribution in [0, 0.1) is 12.8 Å². The number of hydrogen-bond acceptors (Lipinski definition) is 4. The molecular weight excluding hydrogens is 422 g/mol. The zero-order chi connectivity index (χ0) is 22.7. The number of sulfonamides is 1. The van der Waals surface area contributed by atoms with Gasteiger partial charge in [0, 0.05) is 43.5 Å². The lowest BCUT2D eigenvalue weighted by Gasteiger charge is -2.29. The third kappa shape index (κ3) is 4.84. The van der Waals surface area contributed by atoms with Crippen LogP contribution in [0.5, 0.6) is 0 Å². The number of nitrogens with one attached hydrogen (secondary N) is 1. The monoisotopic (exact) mass is 455 g/mol. The van der Waals surface area contributed by atoms with Gasteiger partial charge in [-0.05, 0) is 81.0 Å². The molecule has 0 atom stereocenters. The van der Waals surface area contributed by atoms with Crippen molar-refractivity contribution in [1.82, 2.24) is 4.72 Å². The summed E-state index contributed by atoms with van der Waals surface area (Å²) in [6.45, 7) is 6.87. The smallest absolute Gasteiger partial charge is 0.240 e. The SMILES string of the molecule is CCN(CCCNS(=O)(=O)c1ccc2c(c1)CCN2C(=O)C1CCC1)c1cccc(C)c1. The highest BCUT2D eigenvalue weighted by Gasteiger charge is 2.33. The summed E-state index contributed by atoms with van der Waals surface area (Å²) in [4.78, 5) is 17.0. The zero-order valence-electron chi connectivity index (χ0n) is 19.0. The van der Waals surface area contributed by atoms with Crippen molar-refractivity contribution in [2.75, 3.05) is 36.0 Å². The van der Waals surface area contributed by atoms with Gasteiger partial charge in [-0.1, -0.05) is 18.6 Å². The molecule has 1 fully saturated rings. The Labute approximate surface area is 191 Å². The molecule has 1 aliphatic heterocycles. The normalized spacial score (nSPS) is 16.0. The maximum absolute atomic E-state index is 12.8. The average Bonchev–Trinajstić information content (AvgIpc) is 3.16. The van der Waals surface area contributed by atoms with Crippen molar-refractivity contribution in [2.24, 2.45) is 5.92 Å². The second kappa shape index (κ2) is 9.63. The molecule has 4 rings (SSSR count). The molecule has 1 N–H and O–H groups in total. The molecule has 1 saturated carbocycles. The predicted molar refractivity (Wildman–Crippen MR) is 129 cm³/mol. The molecule has 172 valence electrons. The quantitative estimate of drug-likeness (QED) is 0.583. The highest BCUT2D eigenvalue weighted by atomic mass is 32.2. The highest BCUT2D eigenvalue weighted by Crippen LogP contribution is 2.35. The van der Waals surface area contributed by atoms with Gasteiger partial charge in [0.2, 0.25) is 15.9 Å². The molecule has 0 spiro atoms. The van der Waals surface area contributed by atoms with Crippen molar-refractivity contribution in [3.63, 3.8) is 0 Å². The summed E-state index contributed by atoms with van der Waals surface area (Å²) in [5.74, 6) is 0.339. The molecule has 7 heteroatoms. The molecular formula is C25H33N3O3S. The maximum atomic E-state index is 12.8. The summed E-state index contributed by atoms with van der Waals surface area (Å²) >= 11 is 0. The lowest BCUT2D eigenvalue weighted by atomic mass is 9.84. The number of anilines is 2. The molecule has 1 aliphatic carbocycles. The van der Waals surface area contributed by atoms with Crippen LogP contribution in [0.4, 0.5) is 11.4 Å². The largest absolute Gasteiger partial charge is 0.372 e. The van der Waals surface area contributed by atoms with Gasteiger partial charge < -0.3 is 9.80 Å². The van der Waals surface area contributed by atoms with E-state index < -0.39 is 10.0 Å². The van der Waals surface area contributed by atoms with Gasteiger partial charge in [0.05, 0.1) is 4.90 Å². The minimum absolute atomic E-state index is 0.147. The van der Waals surface area contributed by atoms with Crippen LogP contribution in [0.25, 0.3) is 0 Å². The number of amides is 1. The molecule has 0 aromatic heterocycles. The zero-order valence-corrected chi connectivity index (χ0v) is 19.8. The lowest BCUT2D eigenvalue weighted by molar-refractivity contribution is -0.124. The van der Waals surface area contributed by atoms with Crippen LogP contribution in [-0.4, -0.2) is 40.5 Å². The van der Waals surface area contributed by atoms with E-state index in [9.17, 15) is 13.2 Å². The van der Waals surface area contributed by atoms with Gasteiger partial charge >= 0.3 is 0 Å². The summed E-state index contributed by atoms with van der Waals surface area (Å²) in [5, 5.41) is 0. The van der Waals surface area contributed by atoms with E-state index in [4.69, 9.17) is 0 Å². The molecule has 6 nitrogen and oxygen atoms in total. The van der Waals surface area contributed by atoms with Crippen molar-refractivity contribution in [3.8, 4) is 0 Å². The number of fused-ring (bicyclic) bond motifs is 1. The van der Waals surface area contributed by atoms with E-state index in [1.54, 1.807) is 18.2 Å². The Hall–Kier alpha value is -2.38. The molecule has 0 unspecified atom stereocenters. The molecule has 32 heavy (non-hydrogen) atoms. The summed E-state index contributed by atoms with van der Waals surface area (Å²) in [5.41, 5.74) is 4.19. The first-order valence-electron chi connectivity index (χ1n) is 11.6. The first kappa shape index (κ1) is 22.8. The molecule has 2 aromatic rings. The van der Waals surface area contributed by atoms with Crippen molar-refractivity contribution >= 4 is 27.3 Å². The van der Waals surface area contributed by atoms with Gasteiger partial charge in [0.25, 0.3) is 0 Å². The fraction of sp³-hybridized carbons (Fsp3) is 0.480. The van der Waals surface area contributed by atoms with Gasteiger partial charge in [-0.3, -0.25) is 4.79 Å². The third-order valence-corrected chi connectivity index (χ3v) is 8.08. The van der Waals surface area contributed by atoms with Crippen molar-refractivity contribution in [2.45, 2.75) is 50.8 Å². The Morgan fingerprint density at radius 1 is 1.19 bits per heavy atom. The average molecular weight is 456 g/mol. The Morgan fingerprint density at radius 2 is 2.00 bits per heavy atom. The fourth-order valence-corrected chi connectivity index (χ4v) is 5.63. The Morgan fingerprint density at radius 3 is 2.69 bits per heavy atom. The predicted octanol–water partition coefficient (Wildman–Crippen LogP) is 3.88. The van der Waals surface area contributed by atoms with Gasteiger partial charge in [-0.25, -0.2) is 13.1 Å². The summed E-state index contributed by atoms with van der Waals surface area (Å²) < 4.78 is 28.4. The molecule has 1 heterocycles. The topological polar surface area (TPSA) is 69.7 Å². The lowest BCUT2D eigenvalue weighted by Crippen LogP contribution is -2.37. The first-order valence-corrected chi connectivity index (χ1v) is 13.1. The number of nitrogens with zero attached hydrogens (tertiary/aromatic N) is 2. The third-order valence-electron chi connectivity index (χ3n) is 6.62. The van der Waals surface area contributed by atoms with Crippen LogP contribution in [0.3, 0.4) is 0 Å². The standard InChI is InChI=1S/C25H33N3O3S/c1-3-27(22-10-4-7-19(2)17-22)15-6-14-26-32(30,31)23-11-12-24-21(18-23)13-16-28(24)25(29)20-8-5-9-20/h4,7,10-12,17-18,20,26H,3,5-6,8-9,13-16H2,1-2H3. The second-order valence-corrected chi connectivity index (χ2v) is 10.6. The number of benzene rings is 2.